The summed E-state index contributed by atoms with van der Waals surface area (Å²) in [7, 11) is -0.977. The van der Waals surface area contributed by atoms with Gasteiger partial charge >= 0.3 is 0 Å². The van der Waals surface area contributed by atoms with E-state index in [0.29, 0.717) is 17.2 Å². The molecule has 0 aliphatic heterocycles. The third kappa shape index (κ3) is 4.72. The fraction of sp³-hybridized carbons (Fsp3) is 0.316. The molecule has 152 valence electrons. The SMILES string of the molecule is CCC(C(=O)Nc1ccc(OC)c(OC)c1)N(c1ccccc1F)S(C)(=O)=O. The predicted molar refractivity (Wildman–Crippen MR) is 106 cm³/mol. The molecule has 0 heterocycles. The number of ether oxygens (including phenoxy) is 2. The normalized spacial score (nSPS) is 12.2. The molecule has 1 N–H and O–H groups in total. The van der Waals surface area contributed by atoms with Crippen molar-refractivity contribution >= 4 is 27.3 Å². The molecular formula is C19H23FN2O5S. The molecule has 2 aromatic rings. The van der Waals surface area contributed by atoms with Gasteiger partial charge in [-0.15, -0.1) is 0 Å². The highest BCUT2D eigenvalue weighted by Gasteiger charge is 2.33. The fourth-order valence-corrected chi connectivity index (χ4v) is 4.02. The van der Waals surface area contributed by atoms with Gasteiger partial charge in [0.1, 0.15) is 11.9 Å². The van der Waals surface area contributed by atoms with Crippen LogP contribution in [0.4, 0.5) is 15.8 Å². The van der Waals surface area contributed by atoms with Gasteiger partial charge in [-0.1, -0.05) is 19.1 Å². The van der Waals surface area contributed by atoms with Crippen LogP contribution in [0.1, 0.15) is 13.3 Å². The zero-order chi connectivity index (χ0) is 20.9. The Bertz CT molecular complexity index is 949. The minimum absolute atomic E-state index is 0.139. The van der Waals surface area contributed by atoms with E-state index in [0.717, 1.165) is 16.6 Å². The van der Waals surface area contributed by atoms with E-state index >= 15 is 0 Å². The molecule has 0 saturated carbocycles. The van der Waals surface area contributed by atoms with Crippen LogP contribution < -0.4 is 19.1 Å². The van der Waals surface area contributed by atoms with Crippen LogP contribution in [0.15, 0.2) is 42.5 Å². The van der Waals surface area contributed by atoms with Gasteiger partial charge in [0.25, 0.3) is 0 Å². The molecule has 0 fully saturated rings. The minimum Gasteiger partial charge on any atom is -0.493 e. The minimum atomic E-state index is -3.92. The van der Waals surface area contributed by atoms with Crippen molar-refractivity contribution < 1.29 is 27.1 Å². The quantitative estimate of drug-likeness (QED) is 0.723. The maximum Gasteiger partial charge on any atom is 0.248 e. The number of carbonyl (C=O) groups excluding carboxylic acids is 1. The highest BCUT2D eigenvalue weighted by atomic mass is 32.2. The third-order valence-electron chi connectivity index (χ3n) is 4.07. The van der Waals surface area contributed by atoms with Gasteiger partial charge < -0.3 is 14.8 Å². The van der Waals surface area contributed by atoms with Crippen LogP contribution in [0.2, 0.25) is 0 Å². The first-order valence-corrected chi connectivity index (χ1v) is 10.3. The van der Waals surface area contributed by atoms with Gasteiger partial charge in [-0.25, -0.2) is 12.8 Å². The Labute approximate surface area is 164 Å². The largest absolute Gasteiger partial charge is 0.493 e. The van der Waals surface area contributed by atoms with Gasteiger partial charge in [-0.05, 0) is 30.7 Å². The molecule has 1 amide bonds. The highest BCUT2D eigenvalue weighted by molar-refractivity contribution is 7.92. The van der Waals surface area contributed by atoms with Crippen molar-refractivity contribution in [2.24, 2.45) is 0 Å². The fourth-order valence-electron chi connectivity index (χ4n) is 2.81. The summed E-state index contributed by atoms with van der Waals surface area (Å²) < 4.78 is 50.2. The summed E-state index contributed by atoms with van der Waals surface area (Å²) in [6.07, 6.45) is 1.08. The van der Waals surface area contributed by atoms with Crippen LogP contribution in [0.25, 0.3) is 0 Å². The van der Waals surface area contributed by atoms with Crippen molar-refractivity contribution in [3.05, 3.63) is 48.3 Å². The summed E-state index contributed by atoms with van der Waals surface area (Å²) in [5.74, 6) is -0.437. The standard InChI is InChI=1S/C19H23FN2O5S/c1-5-15(22(28(4,24)25)16-9-7-6-8-14(16)20)19(23)21-13-10-11-17(26-2)18(12-13)27-3/h6-12,15H,5H2,1-4H3,(H,21,23). The Morgan fingerprint density at radius 2 is 1.79 bits per heavy atom. The molecule has 0 aliphatic carbocycles. The number of hydrogen-bond acceptors (Lipinski definition) is 5. The van der Waals surface area contributed by atoms with Crippen LogP contribution in [-0.2, 0) is 14.8 Å². The van der Waals surface area contributed by atoms with Gasteiger partial charge in [-0.2, -0.15) is 0 Å². The second-order valence-corrected chi connectivity index (χ2v) is 7.85. The molecule has 2 aromatic carbocycles. The van der Waals surface area contributed by atoms with Gasteiger partial charge in [-0.3, -0.25) is 9.10 Å². The lowest BCUT2D eigenvalue weighted by Gasteiger charge is -2.30. The molecule has 28 heavy (non-hydrogen) atoms. The summed E-state index contributed by atoms with van der Waals surface area (Å²) in [5.41, 5.74) is 0.211. The summed E-state index contributed by atoms with van der Waals surface area (Å²) in [6.45, 7) is 1.65. The van der Waals surface area contributed by atoms with Crippen molar-refractivity contribution in [2.45, 2.75) is 19.4 Å². The Morgan fingerprint density at radius 3 is 2.32 bits per heavy atom. The van der Waals surface area contributed by atoms with Crippen molar-refractivity contribution in [3.63, 3.8) is 0 Å². The number of rotatable bonds is 8. The van der Waals surface area contributed by atoms with Crippen LogP contribution in [-0.4, -0.2) is 40.8 Å². The smallest absolute Gasteiger partial charge is 0.248 e. The molecule has 1 unspecified atom stereocenters. The number of carbonyl (C=O) groups is 1. The topological polar surface area (TPSA) is 84.9 Å². The summed E-state index contributed by atoms with van der Waals surface area (Å²) in [4.78, 5) is 12.9. The Balaban J connectivity index is 2.39. The zero-order valence-electron chi connectivity index (χ0n) is 16.1. The average molecular weight is 410 g/mol. The molecule has 9 heteroatoms. The van der Waals surface area contributed by atoms with Crippen molar-refractivity contribution in [1.29, 1.82) is 0 Å². The zero-order valence-corrected chi connectivity index (χ0v) is 16.9. The van der Waals surface area contributed by atoms with Gasteiger partial charge in [0.2, 0.25) is 15.9 Å². The van der Waals surface area contributed by atoms with E-state index in [4.69, 9.17) is 9.47 Å². The summed E-state index contributed by atoms with van der Waals surface area (Å²) in [5, 5.41) is 2.66. The first kappa shape index (κ1) is 21.5. The first-order valence-electron chi connectivity index (χ1n) is 8.49. The number of nitrogens with zero attached hydrogens (tertiary/aromatic N) is 1. The number of sulfonamides is 1. The molecule has 2 rings (SSSR count). The highest BCUT2D eigenvalue weighted by Crippen LogP contribution is 2.31. The molecule has 0 spiro atoms. The maximum absolute atomic E-state index is 14.3. The van der Waals surface area contributed by atoms with E-state index in [9.17, 15) is 17.6 Å². The van der Waals surface area contributed by atoms with Crippen LogP contribution in [0.5, 0.6) is 11.5 Å². The van der Waals surface area contributed by atoms with Gasteiger partial charge in [0.05, 0.1) is 26.2 Å². The van der Waals surface area contributed by atoms with Crippen LogP contribution >= 0.6 is 0 Å². The van der Waals surface area contributed by atoms with E-state index in [2.05, 4.69) is 5.32 Å². The molecule has 0 saturated heterocycles. The van der Waals surface area contributed by atoms with Crippen molar-refractivity contribution in [2.75, 3.05) is 30.1 Å². The van der Waals surface area contributed by atoms with Crippen LogP contribution in [0.3, 0.4) is 0 Å². The lowest BCUT2D eigenvalue weighted by Crippen LogP contribution is -2.47. The molecule has 0 bridgehead atoms. The number of anilines is 2. The van der Waals surface area contributed by atoms with Gasteiger partial charge in [0.15, 0.2) is 11.5 Å². The first-order chi connectivity index (χ1) is 13.2. The Morgan fingerprint density at radius 1 is 1.14 bits per heavy atom. The molecule has 0 aliphatic rings. The van der Waals surface area contributed by atoms with E-state index in [1.54, 1.807) is 25.1 Å². The molecule has 0 aromatic heterocycles. The van der Waals surface area contributed by atoms with Gasteiger partial charge in [0, 0.05) is 11.8 Å². The molecule has 7 nitrogen and oxygen atoms in total. The van der Waals surface area contributed by atoms with E-state index in [1.165, 1.54) is 32.4 Å². The third-order valence-corrected chi connectivity index (χ3v) is 5.24. The number of para-hydroxylation sites is 1. The molecule has 1 atom stereocenters. The van der Waals surface area contributed by atoms with Crippen molar-refractivity contribution in [3.8, 4) is 11.5 Å². The van der Waals surface area contributed by atoms with Crippen molar-refractivity contribution in [1.82, 2.24) is 0 Å². The summed E-state index contributed by atoms with van der Waals surface area (Å²) >= 11 is 0. The number of amides is 1. The number of nitrogens with one attached hydrogen (secondary N) is 1. The van der Waals surface area contributed by atoms with E-state index < -0.39 is 27.8 Å². The van der Waals surface area contributed by atoms with E-state index in [-0.39, 0.29) is 12.1 Å². The van der Waals surface area contributed by atoms with Crippen LogP contribution in [0, 0.1) is 5.82 Å². The van der Waals surface area contributed by atoms with E-state index in [1.807, 2.05) is 0 Å². The second kappa shape index (κ2) is 8.92. The lowest BCUT2D eigenvalue weighted by molar-refractivity contribution is -0.117. The number of methoxy groups -OCH3 is 2. The predicted octanol–water partition coefficient (Wildman–Crippen LogP) is 3.03. The number of benzene rings is 2. The lowest BCUT2D eigenvalue weighted by atomic mass is 10.1. The number of hydrogen-bond donors (Lipinski definition) is 1. The second-order valence-electron chi connectivity index (χ2n) is 5.99. The maximum atomic E-state index is 14.3. The molecule has 0 radical (unpaired) electrons. The monoisotopic (exact) mass is 410 g/mol. The molecular weight excluding hydrogens is 387 g/mol. The average Bonchev–Trinajstić information content (AvgIpc) is 2.65. The number of halogens is 1. The Hall–Kier alpha value is -2.81. The summed E-state index contributed by atoms with van der Waals surface area (Å²) in [6, 6.07) is 9.05. The Kier molecular flexibility index (Phi) is 6.85.